The van der Waals surface area contributed by atoms with Crippen LogP contribution in [0.4, 0.5) is 0 Å². The Bertz CT molecular complexity index is 455. The van der Waals surface area contributed by atoms with Gasteiger partial charge in [0.1, 0.15) is 0 Å². The third-order valence-corrected chi connectivity index (χ3v) is 2.93. The van der Waals surface area contributed by atoms with E-state index in [1.807, 2.05) is 12.1 Å². The van der Waals surface area contributed by atoms with Crippen LogP contribution >= 0.6 is 22.6 Å². The quantitative estimate of drug-likeness (QED) is 0.657. The van der Waals surface area contributed by atoms with Crippen LogP contribution in [0.5, 0.6) is 0 Å². The normalized spacial score (nSPS) is 13.4. The van der Waals surface area contributed by atoms with Gasteiger partial charge in [-0.2, -0.15) is 5.10 Å². The first-order chi connectivity index (χ1) is 6.72. The van der Waals surface area contributed by atoms with E-state index in [0.717, 1.165) is 20.0 Å². The predicted octanol–water partition coefficient (Wildman–Crippen LogP) is 1.80. The van der Waals surface area contributed by atoms with Crippen molar-refractivity contribution >= 4 is 33.5 Å². The van der Waals surface area contributed by atoms with E-state index in [1.54, 1.807) is 6.20 Å². The van der Waals surface area contributed by atoms with Crippen LogP contribution in [0.2, 0.25) is 0 Å². The lowest BCUT2D eigenvalue weighted by Crippen LogP contribution is -1.99. The monoisotopic (exact) mass is 304 g/mol. The van der Waals surface area contributed by atoms with Crippen molar-refractivity contribution < 1.29 is 9.84 Å². The second-order valence-corrected chi connectivity index (χ2v) is 4.08. The Morgan fingerprint density at radius 1 is 1.57 bits per heavy atom. The number of hydrogen-bond acceptors (Lipinski definition) is 3. The van der Waals surface area contributed by atoms with Crippen molar-refractivity contribution in [2.24, 2.45) is 0 Å². The summed E-state index contributed by atoms with van der Waals surface area (Å²) in [6.07, 6.45) is 0.885. The lowest BCUT2D eigenvalue weighted by atomic mass is 10.1. The first kappa shape index (κ1) is 9.88. The van der Waals surface area contributed by atoms with Gasteiger partial charge in [0, 0.05) is 21.6 Å². The largest absolute Gasteiger partial charge is 0.364 e. The topological polar surface area (TPSA) is 58.1 Å². The summed E-state index contributed by atoms with van der Waals surface area (Å²) < 4.78 is 5.88. The molecule has 0 aliphatic rings. The Morgan fingerprint density at radius 3 is 3.07 bits per heavy atom. The molecule has 2 aromatic rings. The number of aliphatic hydroxyl groups is 1. The molecule has 0 amide bonds. The molecule has 0 aliphatic heterocycles. The zero-order valence-corrected chi connectivity index (χ0v) is 9.65. The molecule has 0 aliphatic carbocycles. The SMILES string of the molecule is COC(O)c1cc(I)c2cn[nH]c2c1. The van der Waals surface area contributed by atoms with Crippen LogP contribution in [0.3, 0.4) is 0 Å². The van der Waals surface area contributed by atoms with E-state index >= 15 is 0 Å². The molecular weight excluding hydrogens is 295 g/mol. The van der Waals surface area contributed by atoms with Gasteiger partial charge in [-0.15, -0.1) is 0 Å². The fourth-order valence-corrected chi connectivity index (χ4v) is 2.10. The van der Waals surface area contributed by atoms with Crippen LogP contribution in [0, 0.1) is 3.57 Å². The number of benzene rings is 1. The highest BCUT2D eigenvalue weighted by Gasteiger charge is 2.09. The van der Waals surface area contributed by atoms with Gasteiger partial charge in [0.15, 0.2) is 6.29 Å². The summed E-state index contributed by atoms with van der Waals surface area (Å²) in [7, 11) is 1.47. The van der Waals surface area contributed by atoms with Gasteiger partial charge >= 0.3 is 0 Å². The van der Waals surface area contributed by atoms with Gasteiger partial charge in [0.25, 0.3) is 0 Å². The van der Waals surface area contributed by atoms with E-state index in [9.17, 15) is 5.11 Å². The van der Waals surface area contributed by atoms with E-state index in [4.69, 9.17) is 4.74 Å². The third kappa shape index (κ3) is 1.62. The van der Waals surface area contributed by atoms with Gasteiger partial charge in [-0.3, -0.25) is 5.10 Å². The molecular formula is C9H9IN2O2. The van der Waals surface area contributed by atoms with Gasteiger partial charge in [0.2, 0.25) is 0 Å². The highest BCUT2D eigenvalue weighted by molar-refractivity contribution is 14.1. The number of H-pyrrole nitrogens is 1. The number of ether oxygens (including phenoxy) is 1. The molecule has 1 aromatic heterocycles. The maximum Gasteiger partial charge on any atom is 0.180 e. The molecule has 0 bridgehead atoms. The number of aromatic amines is 1. The summed E-state index contributed by atoms with van der Waals surface area (Å²) in [6, 6.07) is 3.71. The number of aromatic nitrogens is 2. The zero-order chi connectivity index (χ0) is 10.1. The second kappa shape index (κ2) is 3.84. The second-order valence-electron chi connectivity index (χ2n) is 2.92. The number of rotatable bonds is 2. The molecule has 14 heavy (non-hydrogen) atoms. The van der Waals surface area contributed by atoms with E-state index in [2.05, 4.69) is 32.8 Å². The van der Waals surface area contributed by atoms with Gasteiger partial charge in [-0.25, -0.2) is 0 Å². The standard InChI is InChI=1S/C9H9IN2O2/c1-14-9(13)5-2-7(10)6-4-11-12-8(6)3-5/h2-4,9,13H,1H3,(H,11,12). The Kier molecular flexibility index (Phi) is 2.71. The molecule has 4 nitrogen and oxygen atoms in total. The van der Waals surface area contributed by atoms with Crippen LogP contribution in [-0.4, -0.2) is 22.4 Å². The lowest BCUT2D eigenvalue weighted by molar-refractivity contribution is -0.0769. The smallest absolute Gasteiger partial charge is 0.180 e. The Balaban J connectivity index is 2.58. The van der Waals surface area contributed by atoms with Crippen molar-refractivity contribution in [3.8, 4) is 0 Å². The molecule has 74 valence electrons. The molecule has 1 heterocycles. The van der Waals surface area contributed by atoms with E-state index in [0.29, 0.717) is 0 Å². The predicted molar refractivity (Wildman–Crippen MR) is 60.8 cm³/mol. The maximum absolute atomic E-state index is 9.49. The van der Waals surface area contributed by atoms with E-state index in [-0.39, 0.29) is 0 Å². The number of nitrogens with zero attached hydrogens (tertiary/aromatic N) is 1. The summed E-state index contributed by atoms with van der Waals surface area (Å²) in [4.78, 5) is 0. The molecule has 0 saturated heterocycles. The van der Waals surface area contributed by atoms with Crippen molar-refractivity contribution in [1.82, 2.24) is 10.2 Å². The first-order valence-electron chi connectivity index (χ1n) is 4.05. The van der Waals surface area contributed by atoms with Gasteiger partial charge in [0.05, 0.1) is 11.7 Å². The molecule has 2 N–H and O–H groups in total. The molecule has 0 fully saturated rings. The number of fused-ring (bicyclic) bond motifs is 1. The van der Waals surface area contributed by atoms with Crippen LogP contribution in [0.25, 0.3) is 10.9 Å². The van der Waals surface area contributed by atoms with Gasteiger partial charge in [-0.05, 0) is 34.7 Å². The number of hydrogen-bond donors (Lipinski definition) is 2. The van der Waals surface area contributed by atoms with Crippen molar-refractivity contribution in [3.05, 3.63) is 27.5 Å². The first-order valence-corrected chi connectivity index (χ1v) is 5.13. The van der Waals surface area contributed by atoms with E-state index in [1.165, 1.54) is 7.11 Å². The van der Waals surface area contributed by atoms with Crippen molar-refractivity contribution in [2.45, 2.75) is 6.29 Å². The Labute approximate surface area is 94.4 Å². The average Bonchev–Trinajstić information content (AvgIpc) is 2.64. The number of aliphatic hydroxyl groups excluding tert-OH is 1. The number of halogens is 1. The van der Waals surface area contributed by atoms with Crippen LogP contribution < -0.4 is 0 Å². The molecule has 2 rings (SSSR count). The third-order valence-electron chi connectivity index (χ3n) is 2.04. The van der Waals surface area contributed by atoms with Gasteiger partial charge in [-0.1, -0.05) is 0 Å². The molecule has 0 saturated carbocycles. The summed E-state index contributed by atoms with van der Waals surface area (Å²) >= 11 is 2.20. The highest BCUT2D eigenvalue weighted by atomic mass is 127. The van der Waals surface area contributed by atoms with Crippen molar-refractivity contribution in [2.75, 3.05) is 7.11 Å². The van der Waals surface area contributed by atoms with Gasteiger partial charge < -0.3 is 9.84 Å². The minimum Gasteiger partial charge on any atom is -0.364 e. The lowest BCUT2D eigenvalue weighted by Gasteiger charge is -2.09. The van der Waals surface area contributed by atoms with Crippen molar-refractivity contribution in [3.63, 3.8) is 0 Å². The summed E-state index contributed by atoms with van der Waals surface area (Å²) in [5.74, 6) is 0. The summed E-state index contributed by atoms with van der Waals surface area (Å²) in [6.45, 7) is 0. The summed E-state index contributed by atoms with van der Waals surface area (Å²) in [5.41, 5.74) is 1.64. The minimum absolute atomic E-state index is 0.730. The van der Waals surface area contributed by atoms with Crippen LogP contribution in [0.15, 0.2) is 18.3 Å². The molecule has 5 heteroatoms. The van der Waals surface area contributed by atoms with Crippen LogP contribution in [-0.2, 0) is 4.74 Å². The molecule has 0 spiro atoms. The fraction of sp³-hybridized carbons (Fsp3) is 0.222. The van der Waals surface area contributed by atoms with E-state index < -0.39 is 6.29 Å². The molecule has 1 atom stereocenters. The average molecular weight is 304 g/mol. The van der Waals surface area contributed by atoms with Crippen LogP contribution in [0.1, 0.15) is 11.9 Å². The Morgan fingerprint density at radius 2 is 2.36 bits per heavy atom. The number of nitrogens with one attached hydrogen (secondary N) is 1. The zero-order valence-electron chi connectivity index (χ0n) is 7.49. The maximum atomic E-state index is 9.49. The molecule has 1 unspecified atom stereocenters. The molecule has 0 radical (unpaired) electrons. The minimum atomic E-state index is -0.879. The number of methoxy groups -OCH3 is 1. The summed E-state index contributed by atoms with van der Waals surface area (Å²) in [5, 5.41) is 17.3. The Hall–Kier alpha value is -0.660. The highest BCUT2D eigenvalue weighted by Crippen LogP contribution is 2.24. The van der Waals surface area contributed by atoms with Crippen molar-refractivity contribution in [1.29, 1.82) is 0 Å². The molecule has 1 aromatic carbocycles. The fourth-order valence-electron chi connectivity index (χ4n) is 1.31.